The van der Waals surface area contributed by atoms with Gasteiger partial charge in [-0.05, 0) is 42.4 Å². The first-order valence-corrected chi connectivity index (χ1v) is 7.04. The van der Waals surface area contributed by atoms with Crippen LogP contribution in [0, 0.1) is 11.6 Å². The summed E-state index contributed by atoms with van der Waals surface area (Å²) in [4.78, 5) is 0. The summed E-state index contributed by atoms with van der Waals surface area (Å²) in [6.45, 7) is 3.63. The Labute approximate surface area is 127 Å². The van der Waals surface area contributed by atoms with Gasteiger partial charge in [0.1, 0.15) is 12.4 Å². The maximum Gasteiger partial charge on any atom is 0.159 e. The SMILES string of the molecule is CCNCc1cc(Cl)ccc1OCc1ccc(F)c(F)c1. The van der Waals surface area contributed by atoms with Crippen molar-refractivity contribution >= 4 is 11.6 Å². The first-order chi connectivity index (χ1) is 10.1. The van der Waals surface area contributed by atoms with Crippen LogP contribution < -0.4 is 10.1 Å². The van der Waals surface area contributed by atoms with Crippen molar-refractivity contribution in [3.05, 3.63) is 64.2 Å². The van der Waals surface area contributed by atoms with E-state index in [2.05, 4.69) is 5.32 Å². The van der Waals surface area contributed by atoms with Crippen LogP contribution in [0.4, 0.5) is 8.78 Å². The first kappa shape index (κ1) is 15.7. The highest BCUT2D eigenvalue weighted by Crippen LogP contribution is 2.24. The number of hydrogen-bond donors (Lipinski definition) is 1. The largest absolute Gasteiger partial charge is 0.489 e. The zero-order chi connectivity index (χ0) is 15.2. The molecule has 0 bridgehead atoms. The molecule has 2 aromatic carbocycles. The lowest BCUT2D eigenvalue weighted by atomic mass is 10.2. The van der Waals surface area contributed by atoms with Crippen LogP contribution in [-0.2, 0) is 13.2 Å². The highest BCUT2D eigenvalue weighted by atomic mass is 35.5. The Bertz CT molecular complexity index is 619. The van der Waals surface area contributed by atoms with Crippen LogP contribution in [0.1, 0.15) is 18.1 Å². The van der Waals surface area contributed by atoms with Crippen molar-refractivity contribution in [1.29, 1.82) is 0 Å². The molecule has 5 heteroatoms. The van der Waals surface area contributed by atoms with Gasteiger partial charge in [0.2, 0.25) is 0 Å². The second kappa shape index (κ2) is 7.38. The number of rotatable bonds is 6. The van der Waals surface area contributed by atoms with Gasteiger partial charge in [0.25, 0.3) is 0 Å². The molecule has 0 radical (unpaired) electrons. The van der Waals surface area contributed by atoms with Gasteiger partial charge in [-0.1, -0.05) is 24.6 Å². The molecule has 0 aliphatic rings. The Balaban J connectivity index is 2.09. The van der Waals surface area contributed by atoms with E-state index >= 15 is 0 Å². The lowest BCUT2D eigenvalue weighted by Gasteiger charge is -2.12. The molecule has 0 atom stereocenters. The molecule has 21 heavy (non-hydrogen) atoms. The molecule has 0 amide bonds. The molecule has 0 heterocycles. The van der Waals surface area contributed by atoms with E-state index in [0.29, 0.717) is 22.9 Å². The third-order valence-corrected chi connectivity index (χ3v) is 3.20. The summed E-state index contributed by atoms with van der Waals surface area (Å²) in [7, 11) is 0. The first-order valence-electron chi connectivity index (χ1n) is 6.66. The van der Waals surface area contributed by atoms with Gasteiger partial charge in [0, 0.05) is 17.1 Å². The summed E-state index contributed by atoms with van der Waals surface area (Å²) in [6.07, 6.45) is 0. The van der Waals surface area contributed by atoms with Crippen LogP contribution >= 0.6 is 11.6 Å². The number of ether oxygens (including phenoxy) is 1. The van der Waals surface area contributed by atoms with E-state index in [1.54, 1.807) is 12.1 Å². The lowest BCUT2D eigenvalue weighted by molar-refractivity contribution is 0.301. The van der Waals surface area contributed by atoms with Crippen molar-refractivity contribution in [1.82, 2.24) is 5.32 Å². The van der Waals surface area contributed by atoms with Crippen molar-refractivity contribution in [3.63, 3.8) is 0 Å². The van der Waals surface area contributed by atoms with Crippen molar-refractivity contribution < 1.29 is 13.5 Å². The zero-order valence-corrected chi connectivity index (χ0v) is 12.4. The van der Waals surface area contributed by atoms with E-state index in [4.69, 9.17) is 16.3 Å². The smallest absolute Gasteiger partial charge is 0.159 e. The fourth-order valence-corrected chi connectivity index (χ4v) is 2.07. The Hall–Kier alpha value is -1.65. The van der Waals surface area contributed by atoms with Crippen LogP contribution in [0.2, 0.25) is 5.02 Å². The van der Waals surface area contributed by atoms with Crippen molar-refractivity contribution in [3.8, 4) is 5.75 Å². The van der Waals surface area contributed by atoms with E-state index in [0.717, 1.165) is 24.2 Å². The number of hydrogen-bond acceptors (Lipinski definition) is 2. The van der Waals surface area contributed by atoms with Crippen LogP contribution in [0.15, 0.2) is 36.4 Å². The maximum absolute atomic E-state index is 13.1. The van der Waals surface area contributed by atoms with Gasteiger partial charge in [-0.25, -0.2) is 8.78 Å². The second-order valence-electron chi connectivity index (χ2n) is 4.57. The van der Waals surface area contributed by atoms with Gasteiger partial charge < -0.3 is 10.1 Å². The highest BCUT2D eigenvalue weighted by molar-refractivity contribution is 6.30. The molecule has 2 nitrogen and oxygen atoms in total. The minimum absolute atomic E-state index is 0.165. The summed E-state index contributed by atoms with van der Waals surface area (Å²) in [5, 5.41) is 3.83. The Morgan fingerprint density at radius 2 is 1.90 bits per heavy atom. The second-order valence-corrected chi connectivity index (χ2v) is 5.01. The van der Waals surface area contributed by atoms with Gasteiger partial charge in [-0.3, -0.25) is 0 Å². The molecular weight excluding hydrogens is 296 g/mol. The van der Waals surface area contributed by atoms with Gasteiger partial charge in [0.05, 0.1) is 0 Å². The average Bonchev–Trinajstić information content (AvgIpc) is 2.47. The van der Waals surface area contributed by atoms with Crippen molar-refractivity contribution in [2.75, 3.05) is 6.54 Å². The van der Waals surface area contributed by atoms with Gasteiger partial charge >= 0.3 is 0 Å². The molecule has 0 aliphatic heterocycles. The van der Waals surface area contributed by atoms with E-state index < -0.39 is 11.6 Å². The molecule has 2 rings (SSSR count). The summed E-state index contributed by atoms with van der Waals surface area (Å²) in [5.74, 6) is -1.07. The molecule has 0 saturated carbocycles. The molecule has 0 saturated heterocycles. The molecule has 0 aromatic heterocycles. The standard InChI is InChI=1S/C16H16ClF2NO/c1-2-20-9-12-8-13(17)4-6-16(12)21-10-11-3-5-14(18)15(19)7-11/h3-8,20H,2,9-10H2,1H3. The molecule has 112 valence electrons. The number of nitrogens with one attached hydrogen (secondary N) is 1. The average molecular weight is 312 g/mol. The highest BCUT2D eigenvalue weighted by Gasteiger charge is 2.07. The maximum atomic E-state index is 13.1. The van der Waals surface area contributed by atoms with Gasteiger partial charge in [-0.15, -0.1) is 0 Å². The third kappa shape index (κ3) is 4.41. The molecule has 0 fully saturated rings. The number of benzene rings is 2. The van der Waals surface area contributed by atoms with E-state index in [1.807, 2.05) is 13.0 Å². The van der Waals surface area contributed by atoms with Crippen LogP contribution in [0.3, 0.4) is 0 Å². The Morgan fingerprint density at radius 3 is 2.62 bits per heavy atom. The molecule has 0 spiro atoms. The van der Waals surface area contributed by atoms with Crippen LogP contribution in [0.25, 0.3) is 0 Å². The lowest BCUT2D eigenvalue weighted by Crippen LogP contribution is -2.13. The number of halogens is 3. The van der Waals surface area contributed by atoms with Crippen LogP contribution in [-0.4, -0.2) is 6.54 Å². The molecule has 2 aromatic rings. The predicted molar refractivity (Wildman–Crippen MR) is 79.5 cm³/mol. The normalized spacial score (nSPS) is 10.7. The predicted octanol–water partition coefficient (Wildman–Crippen LogP) is 4.31. The Morgan fingerprint density at radius 1 is 1.10 bits per heavy atom. The van der Waals surface area contributed by atoms with E-state index in [1.165, 1.54) is 6.07 Å². The van der Waals surface area contributed by atoms with Crippen molar-refractivity contribution in [2.45, 2.75) is 20.1 Å². The minimum Gasteiger partial charge on any atom is -0.489 e. The minimum atomic E-state index is -0.875. The summed E-state index contributed by atoms with van der Waals surface area (Å²) in [6, 6.07) is 9.06. The van der Waals surface area contributed by atoms with E-state index in [-0.39, 0.29) is 6.61 Å². The summed E-state index contributed by atoms with van der Waals surface area (Å²) in [5.41, 5.74) is 1.49. The van der Waals surface area contributed by atoms with Gasteiger partial charge in [-0.2, -0.15) is 0 Å². The third-order valence-electron chi connectivity index (χ3n) is 2.97. The fraction of sp³-hybridized carbons (Fsp3) is 0.250. The molecule has 1 N–H and O–H groups in total. The van der Waals surface area contributed by atoms with Gasteiger partial charge in [0.15, 0.2) is 11.6 Å². The zero-order valence-electron chi connectivity index (χ0n) is 11.6. The van der Waals surface area contributed by atoms with E-state index in [9.17, 15) is 8.78 Å². The molecule has 0 unspecified atom stereocenters. The summed E-state index contributed by atoms with van der Waals surface area (Å²) >= 11 is 5.98. The summed E-state index contributed by atoms with van der Waals surface area (Å²) < 4.78 is 31.7. The topological polar surface area (TPSA) is 21.3 Å². The fourth-order valence-electron chi connectivity index (χ4n) is 1.88. The van der Waals surface area contributed by atoms with Crippen molar-refractivity contribution in [2.24, 2.45) is 0 Å². The quantitative estimate of drug-likeness (QED) is 0.858. The van der Waals surface area contributed by atoms with Crippen LogP contribution in [0.5, 0.6) is 5.75 Å². The Kier molecular flexibility index (Phi) is 5.53. The molecular formula is C16H16ClF2NO. The molecule has 0 aliphatic carbocycles. The monoisotopic (exact) mass is 311 g/mol.